The molecule has 716 valence electrons. The van der Waals surface area contributed by atoms with Crippen LogP contribution in [0.2, 0.25) is 66.4 Å². The number of ketones is 2. The van der Waals surface area contributed by atoms with Gasteiger partial charge in [0.2, 0.25) is 0 Å². The molecule has 38 heteroatoms. The molecule has 0 saturated carbocycles. The van der Waals surface area contributed by atoms with Gasteiger partial charge in [0.1, 0.15) is 17.0 Å². The third-order valence-corrected chi connectivity index (χ3v) is 33.2. The first-order valence-electron chi connectivity index (χ1n) is 42.4. The van der Waals surface area contributed by atoms with Crippen molar-refractivity contribution in [1.82, 2.24) is 58.7 Å². The van der Waals surface area contributed by atoms with Gasteiger partial charge in [0.25, 0.3) is 5.24 Å². The van der Waals surface area contributed by atoms with Crippen molar-refractivity contribution < 1.29 is 64.2 Å². The Hall–Kier alpha value is -9.95. The van der Waals surface area contributed by atoms with E-state index in [2.05, 4.69) is 147 Å². The summed E-state index contributed by atoms with van der Waals surface area (Å²) in [5.74, 6) is -1.08. The molecule has 0 amide bonds. The van der Waals surface area contributed by atoms with Gasteiger partial charge in [-0.15, -0.1) is 26.3 Å². The number of aromatic nitrogens is 12. The Morgan fingerprint density at radius 3 is 1.11 bits per heavy atom. The number of nitrogens with two attached hydrogens (primary N) is 1. The first-order valence-corrected chi connectivity index (χ1v) is 50.9. The molecule has 0 spiro atoms. The highest BCUT2D eigenvalue weighted by Crippen LogP contribution is 2.40. The number of aliphatic hydroxyl groups excluding tert-OH is 1. The average molecular weight is 2020 g/mol. The van der Waals surface area contributed by atoms with Crippen LogP contribution in [0.15, 0.2) is 164 Å². The molecule has 0 bridgehead atoms. The second-order valence-electron chi connectivity index (χ2n) is 36.3. The first-order chi connectivity index (χ1) is 62.0. The Kier molecular flexibility index (Phi) is 37.0. The van der Waals surface area contributed by atoms with Gasteiger partial charge in [0.15, 0.2) is 28.2 Å². The third kappa shape index (κ3) is 31.3. The topological polar surface area (TPSA) is 289 Å². The van der Waals surface area contributed by atoms with E-state index in [0.717, 1.165) is 148 Å². The van der Waals surface area contributed by atoms with E-state index in [9.17, 15) is 51.1 Å². The number of carbonyl (C=O) groups is 3. The number of aliphatic hydroxyl groups is 1. The molecule has 5 unspecified atom stereocenters. The minimum atomic E-state index is -4.81. The number of Topliss-reactive ketones (excluding diaryl/α,β-unsaturated/α-hetero) is 2. The molecule has 0 fully saturated rings. The summed E-state index contributed by atoms with van der Waals surface area (Å²) in [6.07, 6.45) is -7.71. The Labute approximate surface area is 812 Å². The molecule has 3 N–H and O–H groups in total. The molecule has 8 aromatic carbocycles. The first kappa shape index (κ1) is 109. The molecule has 0 aliphatic rings. The molecule has 0 aliphatic carbocycles. The van der Waals surface area contributed by atoms with Gasteiger partial charge >= 0.3 is 12.7 Å². The van der Waals surface area contributed by atoms with Crippen molar-refractivity contribution in [2.45, 2.75) is 236 Å². The number of rotatable bonds is 22. The summed E-state index contributed by atoms with van der Waals surface area (Å²) >= 11 is 40.8. The van der Waals surface area contributed by atoms with E-state index in [4.69, 9.17) is 101 Å². The van der Waals surface area contributed by atoms with E-state index in [-0.39, 0.29) is 63.7 Å². The van der Waals surface area contributed by atoms with Crippen LogP contribution in [0.5, 0.6) is 11.5 Å². The molecular weight excluding hydrogens is 1910 g/mol. The molecule has 6 heterocycles. The summed E-state index contributed by atoms with van der Waals surface area (Å²) < 4.78 is 103. The van der Waals surface area contributed by atoms with Crippen LogP contribution in [-0.2, 0) is 52.9 Å². The van der Waals surface area contributed by atoms with E-state index < -0.39 is 57.4 Å². The summed E-state index contributed by atoms with van der Waals surface area (Å²) in [5, 5.41) is 64.8. The summed E-state index contributed by atoms with van der Waals surface area (Å²) in [5.41, 5.74) is 14.3. The van der Waals surface area contributed by atoms with Gasteiger partial charge in [0, 0.05) is 115 Å². The standard InChI is InChI=1S/C21H17ClF3N3O2.C17H27ClN2OSi.C16H25ClN2OSi.C12H13ClN4.C11H13ClN2O.C11H11ClN2O.C8H4ClF3O2/c1-13-17-8-5-15(22)9-18(17)27-28(13)12-20(2,11-26)10-19(29)14-3-6-16(7-4-14)30-21(23,24)25;1-12(21-22(6,7)17(3,4)5)11-20-13(2)15-9-8-14(18)10-16(15)19-20;1-12(20-21(5,6)16(2,3)4)10-19-11-13-7-8-14(17)9-15(13)18-19;1-8-10-4-3-9(13)5-11(10)16-17(8)7-12(2,15)6-14;2*1-7(15)6-14-8(2)10-4-3-9(12)5-11(10)13-14;9-7(13)5-1-3-6(4-2-5)14-8(10,11)12/h3-9H,10,12H2,1-2H3;8-10,12H,11H2,1-7H3;7-9,11-12H,10H2,1-6H3;3-5H,7,15H2,1-2H3;3-5,7,15H,6H2,1-2H3;3-5H,6H2,1-2H3;1-4H. The molecule has 6 aromatic heterocycles. The number of benzene rings is 8. The minimum Gasteiger partial charge on any atom is -0.412 e. The lowest BCUT2D eigenvalue weighted by atomic mass is 9.84. The van der Waals surface area contributed by atoms with Crippen molar-refractivity contribution in [3.8, 4) is 23.6 Å². The van der Waals surface area contributed by atoms with E-state index in [1.54, 1.807) is 66.0 Å². The van der Waals surface area contributed by atoms with E-state index in [1.165, 1.54) is 12.1 Å². The molecule has 5 atom stereocenters. The van der Waals surface area contributed by atoms with Gasteiger partial charge in [0.05, 0.1) is 108 Å². The lowest BCUT2D eigenvalue weighted by molar-refractivity contribution is -0.275. The number of nitriles is 2. The number of alkyl halides is 6. The summed E-state index contributed by atoms with van der Waals surface area (Å²) in [4.78, 5) is 34.2. The quantitative estimate of drug-likeness (QED) is 0.0276. The smallest absolute Gasteiger partial charge is 0.412 e. The van der Waals surface area contributed by atoms with Crippen molar-refractivity contribution in [2.75, 3.05) is 0 Å². The molecule has 134 heavy (non-hydrogen) atoms. The monoisotopic (exact) mass is 2020 g/mol. The van der Waals surface area contributed by atoms with Crippen LogP contribution in [0.4, 0.5) is 26.3 Å². The van der Waals surface area contributed by atoms with Crippen LogP contribution in [0.1, 0.15) is 139 Å². The van der Waals surface area contributed by atoms with Crippen LogP contribution in [0.25, 0.3) is 65.4 Å². The van der Waals surface area contributed by atoms with Gasteiger partial charge < -0.3 is 29.2 Å². The van der Waals surface area contributed by atoms with Crippen LogP contribution in [-0.4, -0.2) is 134 Å². The SMILES string of the molecule is CC(=O)Cn1nc2cc(Cl)ccc2c1C.CC(Cn1cc2ccc(Cl)cc2n1)O[Si](C)(C)C(C)(C)C.Cc1c2ccc(Cl)cc2nn1CC(C)(C#N)CC(=O)c1ccc(OC(F)(F)F)cc1.Cc1c2ccc(Cl)cc2nn1CC(C)(N)C#N.Cc1c2ccc(Cl)cc2nn1CC(C)O.Cc1c2ccc(Cl)cc2nn1CC(C)O[Si](C)(C)C(C)(C)C.O=C(Cl)c1ccc(OC(F)(F)F)cc1. The largest absolute Gasteiger partial charge is 0.573 e. The Morgan fingerprint density at radius 2 is 0.769 bits per heavy atom. The lowest BCUT2D eigenvalue weighted by Gasteiger charge is -2.38. The highest BCUT2D eigenvalue weighted by molar-refractivity contribution is 6.74. The summed E-state index contributed by atoms with van der Waals surface area (Å²) in [6, 6.07) is 46.9. The number of nitrogens with zero attached hydrogens (tertiary/aromatic N) is 14. The van der Waals surface area contributed by atoms with Crippen molar-refractivity contribution in [3.63, 3.8) is 0 Å². The second kappa shape index (κ2) is 45.3. The van der Waals surface area contributed by atoms with Crippen molar-refractivity contribution in [2.24, 2.45) is 11.1 Å². The highest BCUT2D eigenvalue weighted by Gasteiger charge is 2.41. The maximum atomic E-state index is 12.6. The van der Waals surface area contributed by atoms with Gasteiger partial charge in [-0.05, 0) is 282 Å². The number of aryl methyl sites for hydroxylation is 5. The van der Waals surface area contributed by atoms with Crippen LogP contribution >= 0.6 is 81.2 Å². The molecule has 0 saturated heterocycles. The predicted molar refractivity (Wildman–Crippen MR) is 527 cm³/mol. The molecule has 14 aromatic rings. The second-order valence-corrected chi connectivity index (χ2v) is 48.7. The van der Waals surface area contributed by atoms with E-state index in [0.29, 0.717) is 45.2 Å². The Balaban J connectivity index is 0.000000195. The van der Waals surface area contributed by atoms with Crippen molar-refractivity contribution >= 4 is 180 Å². The fourth-order valence-electron chi connectivity index (χ4n) is 13.4. The summed E-state index contributed by atoms with van der Waals surface area (Å²) in [6.45, 7) is 46.4. The maximum absolute atomic E-state index is 12.6. The molecule has 0 radical (unpaired) electrons. The third-order valence-electron chi connectivity index (χ3n) is 22.4. The van der Waals surface area contributed by atoms with E-state index in [1.807, 2.05) is 127 Å². The van der Waals surface area contributed by atoms with Gasteiger partial charge in [-0.2, -0.15) is 41.1 Å². The lowest BCUT2D eigenvalue weighted by Crippen LogP contribution is -2.44. The van der Waals surface area contributed by atoms with Crippen molar-refractivity contribution in [1.29, 1.82) is 10.5 Å². The number of fused-ring (bicyclic) bond motifs is 6. The zero-order valence-electron chi connectivity index (χ0n) is 78.3. The van der Waals surface area contributed by atoms with Crippen molar-refractivity contribution in [3.05, 3.63) is 234 Å². The fourth-order valence-corrected chi connectivity index (χ4v) is 17.4. The molecule has 23 nitrogen and oxygen atoms in total. The minimum absolute atomic E-state index is 0.0944. The Bertz CT molecular complexity index is 6570. The summed E-state index contributed by atoms with van der Waals surface area (Å²) in [7, 11) is -3.48. The fraction of sp³-hybridized carbons (Fsp3) is 0.385. The van der Waals surface area contributed by atoms with Gasteiger partial charge in [-0.25, -0.2) is 0 Å². The average Bonchev–Trinajstić information content (AvgIpc) is 1.65. The molecule has 14 rings (SSSR count). The zero-order chi connectivity index (χ0) is 100. The van der Waals surface area contributed by atoms with Crippen LogP contribution < -0.4 is 15.2 Å². The van der Waals surface area contributed by atoms with Gasteiger partial charge in [-0.1, -0.05) is 111 Å². The van der Waals surface area contributed by atoms with E-state index >= 15 is 0 Å². The highest BCUT2D eigenvalue weighted by atomic mass is 35.5. The number of hydrogen-bond donors (Lipinski definition) is 2. The van der Waals surface area contributed by atoms with Crippen LogP contribution in [0.3, 0.4) is 0 Å². The number of halogens is 13. The molecule has 0 aliphatic heterocycles. The van der Waals surface area contributed by atoms with Crippen LogP contribution in [0, 0.1) is 62.7 Å². The van der Waals surface area contributed by atoms with Gasteiger partial charge in [-0.3, -0.25) is 42.5 Å². The molecular formula is C96H110Cl7F6N15O8Si2. The zero-order valence-corrected chi connectivity index (χ0v) is 85.6. The number of hydrogen-bond acceptors (Lipinski definition) is 17. The maximum Gasteiger partial charge on any atom is 0.573 e. The normalized spacial score (nSPS) is 13.4. The number of carbonyl (C=O) groups excluding carboxylic acids is 3. The Morgan fingerprint density at radius 1 is 0.448 bits per heavy atom. The predicted octanol–water partition coefficient (Wildman–Crippen LogP) is 26.4. The number of ether oxygens (including phenoxy) is 2.